The van der Waals surface area contributed by atoms with E-state index in [2.05, 4.69) is 83.6 Å². The number of hydrogen-bond donors (Lipinski definition) is 0. The first kappa shape index (κ1) is 27.6. The van der Waals surface area contributed by atoms with Crippen LogP contribution in [-0.4, -0.2) is 28.0 Å². The average molecular weight is 578 g/mol. The summed E-state index contributed by atoms with van der Waals surface area (Å²) in [5.74, 6) is 5.51. The number of rotatable bonds is 13. The zero-order chi connectivity index (χ0) is 29.2. The lowest BCUT2D eigenvalue weighted by molar-refractivity contribution is 0.173. The monoisotopic (exact) mass is 577 g/mol. The fraction of sp³-hybridized carbons (Fsp3) is 0.361. The van der Waals surface area contributed by atoms with Crippen LogP contribution >= 0.6 is 0 Å². The van der Waals surface area contributed by atoms with Crippen molar-refractivity contribution in [1.82, 2.24) is 14.5 Å². The quantitative estimate of drug-likeness (QED) is 0.152. The van der Waals surface area contributed by atoms with Crippen LogP contribution in [0.2, 0.25) is 0 Å². The lowest BCUT2D eigenvalue weighted by atomic mass is 10.1. The van der Waals surface area contributed by atoms with E-state index in [9.17, 15) is 0 Å². The third-order valence-electron chi connectivity index (χ3n) is 8.60. The predicted molar refractivity (Wildman–Crippen MR) is 166 cm³/mol. The van der Waals surface area contributed by atoms with Crippen LogP contribution in [0.4, 0.5) is 0 Å². The maximum Gasteiger partial charge on any atom is 0.231 e. The summed E-state index contributed by atoms with van der Waals surface area (Å²) in [6.45, 7) is 10.0. The number of fused-ring (bicyclic) bond motifs is 2. The first-order valence-corrected chi connectivity index (χ1v) is 15.4. The highest BCUT2D eigenvalue weighted by molar-refractivity contribution is 5.63. The fourth-order valence-corrected chi connectivity index (χ4v) is 6.06. The van der Waals surface area contributed by atoms with Crippen molar-refractivity contribution in [2.45, 2.75) is 64.7 Å². The Morgan fingerprint density at radius 1 is 0.860 bits per heavy atom. The van der Waals surface area contributed by atoms with Crippen molar-refractivity contribution in [2.24, 2.45) is 5.92 Å². The van der Waals surface area contributed by atoms with Gasteiger partial charge in [-0.3, -0.25) is 4.90 Å². The zero-order valence-corrected chi connectivity index (χ0v) is 24.8. The van der Waals surface area contributed by atoms with Gasteiger partial charge < -0.3 is 23.5 Å². The third kappa shape index (κ3) is 6.13. The Balaban J connectivity index is 1.26. The van der Waals surface area contributed by atoms with E-state index in [1.165, 1.54) is 41.1 Å². The smallest absolute Gasteiger partial charge is 0.231 e. The average Bonchev–Trinajstić information content (AvgIpc) is 3.41. The molecular formula is C36H39N3O4. The van der Waals surface area contributed by atoms with E-state index in [0.717, 1.165) is 67.7 Å². The number of nitrogens with zero attached hydrogens (tertiary/aromatic N) is 3. The Morgan fingerprint density at radius 2 is 1.49 bits per heavy atom. The lowest BCUT2D eigenvalue weighted by Gasteiger charge is -2.25. The van der Waals surface area contributed by atoms with Crippen molar-refractivity contribution in [3.8, 4) is 34.3 Å². The minimum atomic E-state index is 0.272. The van der Waals surface area contributed by atoms with Gasteiger partial charge >= 0.3 is 0 Å². The second kappa shape index (κ2) is 12.2. The maximum atomic E-state index is 5.72. The summed E-state index contributed by atoms with van der Waals surface area (Å²) in [5.41, 5.74) is 5.91. The standard InChI is InChI=1S/C36H39N3O4/c1-3-25(2)8-7-17-39-30(35(28-9-5-4-6-10-28)37-36(39)29-13-14-29)22-38(20-26-11-15-31-33(18-26)42-23-40-31)21-27-12-16-32-34(19-27)43-24-41-32/h3-6,9-12,15-16,18-19,25,29H,1,7-8,13-14,17,20-24H2,2H3. The summed E-state index contributed by atoms with van der Waals surface area (Å²) < 4.78 is 25.2. The molecule has 7 rings (SSSR count). The molecule has 43 heavy (non-hydrogen) atoms. The second-order valence-electron chi connectivity index (χ2n) is 11.9. The highest BCUT2D eigenvalue weighted by atomic mass is 16.7. The van der Waals surface area contributed by atoms with Crippen LogP contribution in [0.1, 0.15) is 61.2 Å². The number of aromatic nitrogens is 2. The summed E-state index contributed by atoms with van der Waals surface area (Å²) in [5, 5.41) is 0. The van der Waals surface area contributed by atoms with Gasteiger partial charge in [-0.1, -0.05) is 55.5 Å². The van der Waals surface area contributed by atoms with Gasteiger partial charge in [-0.05, 0) is 67.0 Å². The molecule has 0 radical (unpaired) electrons. The van der Waals surface area contributed by atoms with Gasteiger partial charge in [-0.2, -0.15) is 0 Å². The minimum Gasteiger partial charge on any atom is -0.454 e. The first-order chi connectivity index (χ1) is 21.1. The minimum absolute atomic E-state index is 0.272. The molecule has 3 aliphatic rings. The van der Waals surface area contributed by atoms with E-state index in [1.54, 1.807) is 0 Å². The molecule has 1 aliphatic carbocycles. The molecule has 7 heteroatoms. The molecule has 1 atom stereocenters. The van der Waals surface area contributed by atoms with Gasteiger partial charge in [0.15, 0.2) is 23.0 Å². The van der Waals surface area contributed by atoms with E-state index in [0.29, 0.717) is 11.8 Å². The molecule has 7 nitrogen and oxygen atoms in total. The van der Waals surface area contributed by atoms with E-state index in [4.69, 9.17) is 23.9 Å². The molecule has 222 valence electrons. The zero-order valence-electron chi connectivity index (χ0n) is 24.8. The van der Waals surface area contributed by atoms with Crippen molar-refractivity contribution < 1.29 is 18.9 Å². The molecule has 2 aliphatic heterocycles. The van der Waals surface area contributed by atoms with E-state index in [-0.39, 0.29) is 13.6 Å². The number of benzene rings is 3. The summed E-state index contributed by atoms with van der Waals surface area (Å²) in [4.78, 5) is 7.86. The molecule has 1 aromatic heterocycles. The van der Waals surface area contributed by atoms with Gasteiger partial charge in [-0.25, -0.2) is 4.98 Å². The third-order valence-corrected chi connectivity index (χ3v) is 8.60. The van der Waals surface area contributed by atoms with Crippen LogP contribution in [-0.2, 0) is 26.2 Å². The van der Waals surface area contributed by atoms with Crippen LogP contribution in [0, 0.1) is 5.92 Å². The molecule has 0 N–H and O–H groups in total. The Hall–Kier alpha value is -4.23. The number of hydrogen-bond acceptors (Lipinski definition) is 6. The van der Waals surface area contributed by atoms with Crippen molar-refractivity contribution >= 4 is 0 Å². The summed E-state index contributed by atoms with van der Waals surface area (Å²) in [7, 11) is 0. The van der Waals surface area contributed by atoms with Crippen molar-refractivity contribution in [2.75, 3.05) is 13.6 Å². The summed E-state index contributed by atoms with van der Waals surface area (Å²) >= 11 is 0. The molecule has 1 fully saturated rings. The van der Waals surface area contributed by atoms with E-state index >= 15 is 0 Å². The highest BCUT2D eigenvalue weighted by Gasteiger charge is 2.32. The fourth-order valence-electron chi connectivity index (χ4n) is 6.06. The molecule has 4 aromatic rings. The van der Waals surface area contributed by atoms with Crippen LogP contribution in [0.15, 0.2) is 79.4 Å². The summed E-state index contributed by atoms with van der Waals surface area (Å²) in [6, 6.07) is 23.2. The molecule has 1 saturated carbocycles. The van der Waals surface area contributed by atoms with Gasteiger partial charge in [0.05, 0.1) is 11.4 Å². The molecule has 0 spiro atoms. The molecule has 3 heterocycles. The molecular weight excluding hydrogens is 538 g/mol. The number of allylic oxidation sites excluding steroid dienone is 1. The Labute approximate surface area is 253 Å². The second-order valence-corrected chi connectivity index (χ2v) is 11.9. The molecule has 3 aromatic carbocycles. The van der Waals surface area contributed by atoms with E-state index < -0.39 is 0 Å². The normalized spacial score (nSPS) is 15.7. The lowest BCUT2D eigenvalue weighted by Crippen LogP contribution is -2.25. The number of imidazole rings is 1. The highest BCUT2D eigenvalue weighted by Crippen LogP contribution is 2.42. The van der Waals surface area contributed by atoms with Crippen LogP contribution in [0.5, 0.6) is 23.0 Å². The van der Waals surface area contributed by atoms with Gasteiger partial charge in [0.2, 0.25) is 13.6 Å². The SMILES string of the molecule is C=CC(C)CCCn1c(C2CC2)nc(-c2ccccc2)c1CN(Cc1ccc2c(c1)OCO2)Cc1ccc2c(c1)OCO2. The van der Waals surface area contributed by atoms with Gasteiger partial charge in [0.1, 0.15) is 5.82 Å². The Morgan fingerprint density at radius 3 is 2.09 bits per heavy atom. The van der Waals surface area contributed by atoms with E-state index in [1.807, 2.05) is 12.1 Å². The van der Waals surface area contributed by atoms with Gasteiger partial charge in [0.25, 0.3) is 0 Å². The summed E-state index contributed by atoms with van der Waals surface area (Å²) in [6.07, 6.45) is 6.70. The molecule has 0 amide bonds. The first-order valence-electron chi connectivity index (χ1n) is 15.4. The molecule has 0 saturated heterocycles. The van der Waals surface area contributed by atoms with Crippen molar-refractivity contribution in [1.29, 1.82) is 0 Å². The maximum absolute atomic E-state index is 5.72. The van der Waals surface area contributed by atoms with Crippen molar-refractivity contribution in [3.05, 3.63) is 102 Å². The molecule has 1 unspecified atom stereocenters. The topological polar surface area (TPSA) is 58.0 Å². The van der Waals surface area contributed by atoms with Gasteiger partial charge in [0, 0.05) is 37.7 Å². The van der Waals surface area contributed by atoms with Crippen LogP contribution < -0.4 is 18.9 Å². The number of ether oxygens (including phenoxy) is 4. The largest absolute Gasteiger partial charge is 0.454 e. The molecule has 0 bridgehead atoms. The van der Waals surface area contributed by atoms with Gasteiger partial charge in [-0.15, -0.1) is 6.58 Å². The van der Waals surface area contributed by atoms with Crippen LogP contribution in [0.3, 0.4) is 0 Å². The van der Waals surface area contributed by atoms with Crippen LogP contribution in [0.25, 0.3) is 11.3 Å². The Kier molecular flexibility index (Phi) is 7.81. The predicted octanol–water partition coefficient (Wildman–Crippen LogP) is 7.69. The van der Waals surface area contributed by atoms with Crippen molar-refractivity contribution in [3.63, 3.8) is 0 Å². The Bertz CT molecular complexity index is 1530.